The molecule has 0 fully saturated rings. The molecule has 132 valence electrons. The van der Waals surface area contributed by atoms with Gasteiger partial charge in [0.1, 0.15) is 5.75 Å². The summed E-state index contributed by atoms with van der Waals surface area (Å²) in [5.41, 5.74) is 5.13. The molecule has 0 bridgehead atoms. The van der Waals surface area contributed by atoms with Crippen LogP contribution in [0.15, 0.2) is 79.1 Å². The summed E-state index contributed by atoms with van der Waals surface area (Å²) in [6.45, 7) is 0. The Labute approximate surface area is 161 Å². The smallest absolute Gasteiger partial charge is 0.119 e. The lowest BCUT2D eigenvalue weighted by atomic mass is 9.84. The van der Waals surface area contributed by atoms with Crippen LogP contribution in [0.2, 0.25) is 5.02 Å². The highest BCUT2D eigenvalue weighted by molar-refractivity contribution is 6.30. The van der Waals surface area contributed by atoms with E-state index in [0.29, 0.717) is 5.02 Å². The van der Waals surface area contributed by atoms with Crippen molar-refractivity contribution in [3.8, 4) is 5.75 Å². The van der Waals surface area contributed by atoms with Gasteiger partial charge in [-0.3, -0.25) is 0 Å². The van der Waals surface area contributed by atoms with Crippen molar-refractivity contribution in [2.75, 3.05) is 0 Å². The van der Waals surface area contributed by atoms with Crippen LogP contribution in [0.5, 0.6) is 5.75 Å². The summed E-state index contributed by atoms with van der Waals surface area (Å²) in [5.74, 6) is 0.0796. The second-order valence-corrected chi connectivity index (χ2v) is 7.15. The monoisotopic (exact) mass is 372 g/mol. The average Bonchev–Trinajstić information content (AvgIpc) is 3.30. The number of nitrogens with one attached hydrogen (secondary N) is 2. The van der Waals surface area contributed by atoms with Gasteiger partial charge in [-0.2, -0.15) is 0 Å². The standard InChI is InChI=1S/C23H17ClN2O/c24-14-9-10-22(27)17(11-14)23(18-12-25-20-7-3-1-5-15(18)20)19-13-26-21-8-4-2-6-16(19)21/h1-13,23,25-27H. The number of H-pyrrole nitrogens is 2. The Morgan fingerprint density at radius 1 is 0.704 bits per heavy atom. The molecule has 0 aliphatic heterocycles. The summed E-state index contributed by atoms with van der Waals surface area (Å²) in [4.78, 5) is 6.72. The SMILES string of the molecule is Oc1ccc(Cl)cc1C(c1c[nH]c2ccccc12)c1c[nH]c2ccccc12. The second kappa shape index (κ2) is 6.22. The zero-order valence-electron chi connectivity index (χ0n) is 14.4. The van der Waals surface area contributed by atoms with Crippen LogP contribution in [0, 0.1) is 0 Å². The van der Waals surface area contributed by atoms with Crippen LogP contribution in [0.1, 0.15) is 22.6 Å². The molecule has 0 saturated heterocycles. The van der Waals surface area contributed by atoms with Gasteiger partial charge < -0.3 is 15.1 Å². The zero-order chi connectivity index (χ0) is 18.4. The van der Waals surface area contributed by atoms with Crippen LogP contribution in [-0.4, -0.2) is 15.1 Å². The van der Waals surface area contributed by atoms with E-state index in [0.717, 1.165) is 38.5 Å². The predicted molar refractivity (Wildman–Crippen MR) is 111 cm³/mol. The molecule has 0 atom stereocenters. The summed E-state index contributed by atoms with van der Waals surface area (Å²) in [6, 6.07) is 21.6. The summed E-state index contributed by atoms with van der Waals surface area (Å²) >= 11 is 6.29. The third-order valence-corrected chi connectivity index (χ3v) is 5.40. The van der Waals surface area contributed by atoms with Gasteiger partial charge in [-0.05, 0) is 41.5 Å². The first-order chi connectivity index (χ1) is 13.2. The predicted octanol–water partition coefficient (Wildman–Crippen LogP) is 6.19. The molecular weight excluding hydrogens is 356 g/mol. The van der Waals surface area contributed by atoms with Crippen molar-refractivity contribution in [2.24, 2.45) is 0 Å². The third-order valence-electron chi connectivity index (χ3n) is 5.17. The Bertz CT molecular complexity index is 1190. The van der Waals surface area contributed by atoms with Crippen molar-refractivity contribution in [1.82, 2.24) is 9.97 Å². The molecule has 0 unspecified atom stereocenters. The Morgan fingerprint density at radius 3 is 1.85 bits per heavy atom. The fraction of sp³-hybridized carbons (Fsp3) is 0.0435. The molecule has 3 N–H and O–H groups in total. The van der Waals surface area contributed by atoms with Gasteiger partial charge in [0, 0.05) is 50.7 Å². The largest absolute Gasteiger partial charge is 0.508 e. The average molecular weight is 373 g/mol. The van der Waals surface area contributed by atoms with Gasteiger partial charge >= 0.3 is 0 Å². The minimum Gasteiger partial charge on any atom is -0.508 e. The number of aromatic nitrogens is 2. The Morgan fingerprint density at radius 2 is 1.26 bits per heavy atom. The van der Waals surface area contributed by atoms with Crippen LogP contribution >= 0.6 is 11.6 Å². The number of aromatic hydroxyl groups is 1. The minimum absolute atomic E-state index is 0.156. The number of phenols is 1. The number of fused-ring (bicyclic) bond motifs is 2. The Hall–Kier alpha value is -3.17. The fourth-order valence-electron chi connectivity index (χ4n) is 3.92. The van der Waals surface area contributed by atoms with Crippen LogP contribution < -0.4 is 0 Å². The van der Waals surface area contributed by atoms with Crippen molar-refractivity contribution in [1.29, 1.82) is 0 Å². The van der Waals surface area contributed by atoms with Gasteiger partial charge in [0.2, 0.25) is 0 Å². The number of aromatic amines is 2. The number of benzene rings is 3. The van der Waals surface area contributed by atoms with E-state index in [1.54, 1.807) is 12.1 Å². The van der Waals surface area contributed by atoms with Gasteiger partial charge in [-0.15, -0.1) is 0 Å². The quantitative estimate of drug-likeness (QED) is 0.347. The van der Waals surface area contributed by atoms with Crippen molar-refractivity contribution in [2.45, 2.75) is 5.92 Å². The normalized spacial score (nSPS) is 11.6. The van der Waals surface area contributed by atoms with Gasteiger partial charge in [-0.1, -0.05) is 48.0 Å². The van der Waals surface area contributed by atoms with Gasteiger partial charge in [0.05, 0.1) is 0 Å². The number of hydrogen-bond acceptors (Lipinski definition) is 1. The van der Waals surface area contributed by atoms with E-state index in [1.165, 1.54) is 0 Å². The third kappa shape index (κ3) is 2.59. The van der Waals surface area contributed by atoms with E-state index in [-0.39, 0.29) is 11.7 Å². The van der Waals surface area contributed by atoms with Gasteiger partial charge in [0.25, 0.3) is 0 Å². The fourth-order valence-corrected chi connectivity index (χ4v) is 4.11. The molecule has 0 aliphatic carbocycles. The first-order valence-corrected chi connectivity index (χ1v) is 9.20. The van der Waals surface area contributed by atoms with E-state index in [2.05, 4.69) is 34.2 Å². The highest BCUT2D eigenvalue weighted by atomic mass is 35.5. The number of hydrogen-bond donors (Lipinski definition) is 3. The van der Waals surface area contributed by atoms with Crippen LogP contribution in [0.25, 0.3) is 21.8 Å². The summed E-state index contributed by atoms with van der Waals surface area (Å²) in [5, 5.41) is 13.5. The van der Waals surface area contributed by atoms with E-state index >= 15 is 0 Å². The van der Waals surface area contributed by atoms with Crippen LogP contribution in [0.4, 0.5) is 0 Å². The second-order valence-electron chi connectivity index (χ2n) is 6.72. The zero-order valence-corrected chi connectivity index (χ0v) is 15.2. The van der Waals surface area contributed by atoms with E-state index in [9.17, 15) is 5.11 Å². The van der Waals surface area contributed by atoms with E-state index in [4.69, 9.17) is 11.6 Å². The molecule has 3 nitrogen and oxygen atoms in total. The first kappa shape index (κ1) is 16.0. The van der Waals surface area contributed by atoms with Gasteiger partial charge in [-0.25, -0.2) is 0 Å². The lowest BCUT2D eigenvalue weighted by Gasteiger charge is -2.19. The molecule has 0 aliphatic rings. The molecule has 0 amide bonds. The molecule has 0 saturated carbocycles. The molecule has 2 heterocycles. The molecule has 2 aromatic heterocycles. The van der Waals surface area contributed by atoms with Crippen LogP contribution in [-0.2, 0) is 0 Å². The summed E-state index contributed by atoms with van der Waals surface area (Å²) in [6.07, 6.45) is 4.05. The number of para-hydroxylation sites is 2. The highest BCUT2D eigenvalue weighted by Gasteiger charge is 2.25. The van der Waals surface area contributed by atoms with Gasteiger partial charge in [0.15, 0.2) is 0 Å². The molecule has 27 heavy (non-hydrogen) atoms. The number of halogens is 1. The van der Waals surface area contributed by atoms with Crippen LogP contribution in [0.3, 0.4) is 0 Å². The lowest BCUT2D eigenvalue weighted by Crippen LogP contribution is -2.03. The molecular formula is C23H17ClN2O. The summed E-state index contributed by atoms with van der Waals surface area (Å²) in [7, 11) is 0. The Kier molecular flexibility index (Phi) is 3.69. The van der Waals surface area contributed by atoms with Crippen molar-refractivity contribution < 1.29 is 5.11 Å². The summed E-state index contributed by atoms with van der Waals surface area (Å²) < 4.78 is 0. The topological polar surface area (TPSA) is 51.8 Å². The molecule has 0 spiro atoms. The molecule has 3 aromatic carbocycles. The highest BCUT2D eigenvalue weighted by Crippen LogP contribution is 2.43. The molecule has 0 radical (unpaired) electrons. The van der Waals surface area contributed by atoms with Crippen molar-refractivity contribution in [3.05, 3.63) is 101 Å². The number of rotatable bonds is 3. The lowest BCUT2D eigenvalue weighted by molar-refractivity contribution is 0.467. The molecule has 5 rings (SSSR count). The molecule has 4 heteroatoms. The van der Waals surface area contributed by atoms with E-state index in [1.807, 2.05) is 42.7 Å². The minimum atomic E-state index is -0.156. The maximum atomic E-state index is 10.7. The Balaban J connectivity index is 1.84. The first-order valence-electron chi connectivity index (χ1n) is 8.83. The maximum Gasteiger partial charge on any atom is 0.119 e. The number of phenolic OH excluding ortho intramolecular Hbond substituents is 1. The maximum absolute atomic E-state index is 10.7. The van der Waals surface area contributed by atoms with E-state index < -0.39 is 0 Å². The van der Waals surface area contributed by atoms with Crippen molar-refractivity contribution in [3.63, 3.8) is 0 Å². The molecule has 5 aromatic rings. The van der Waals surface area contributed by atoms with Crippen molar-refractivity contribution >= 4 is 33.4 Å².